The molecule has 0 radical (unpaired) electrons. The number of hydrogen-bond acceptors (Lipinski definition) is 3. The normalized spacial score (nSPS) is 11.0. The number of nitrogens with one attached hydrogen (secondary N) is 1. The Labute approximate surface area is 78.2 Å². The highest BCUT2D eigenvalue weighted by atomic mass is 16.6. The van der Waals surface area contributed by atoms with Crippen LogP contribution in [0.15, 0.2) is 29.5 Å². The Bertz CT molecular complexity index is 302. The van der Waals surface area contributed by atoms with Crippen LogP contribution in [0.4, 0.5) is 0 Å². The fourth-order valence-electron chi connectivity index (χ4n) is 1.07. The zero-order chi connectivity index (χ0) is 9.90. The Morgan fingerprint density at radius 2 is 2.00 bits per heavy atom. The molecule has 0 fully saturated rings. The van der Waals surface area contributed by atoms with Gasteiger partial charge in [0.1, 0.15) is 0 Å². The Balaban J connectivity index is 2.98. The fraction of sp³-hybridized carbons (Fsp3) is 0.400. The molecule has 0 aromatic heterocycles. The molecule has 3 nitrogen and oxygen atoms in total. The minimum atomic E-state index is 0.0986. The summed E-state index contributed by atoms with van der Waals surface area (Å²) in [4.78, 5) is 4.73. The molecule has 0 aliphatic carbocycles. The van der Waals surface area contributed by atoms with Crippen molar-refractivity contribution in [2.45, 2.75) is 26.2 Å². The minimum Gasteiger partial charge on any atom is -0.340 e. The second kappa shape index (κ2) is 3.56. The first-order valence-electron chi connectivity index (χ1n) is 4.18. The van der Waals surface area contributed by atoms with Crippen molar-refractivity contribution in [1.29, 1.82) is 5.53 Å². The molecular formula is C10H14N2O. The molecule has 0 aliphatic rings. The standard InChI is InChI=1S/C10H14N2O/c1-10(2,3)8-5-4-6-9(7-8)13-12-11/h4-7,11H,1-3H3. The summed E-state index contributed by atoms with van der Waals surface area (Å²) < 4.78 is 0. The average Bonchev–Trinajstić information content (AvgIpc) is 2.04. The van der Waals surface area contributed by atoms with Crippen molar-refractivity contribution >= 4 is 0 Å². The highest BCUT2D eigenvalue weighted by molar-refractivity contribution is 5.32. The molecule has 0 heterocycles. The van der Waals surface area contributed by atoms with Crippen molar-refractivity contribution in [3.05, 3.63) is 29.8 Å². The average molecular weight is 178 g/mol. The fourth-order valence-corrected chi connectivity index (χ4v) is 1.07. The van der Waals surface area contributed by atoms with Crippen molar-refractivity contribution in [3.63, 3.8) is 0 Å². The lowest BCUT2D eigenvalue weighted by Crippen LogP contribution is -2.10. The summed E-state index contributed by atoms with van der Waals surface area (Å²) in [5.41, 5.74) is 7.84. The summed E-state index contributed by atoms with van der Waals surface area (Å²) in [5.74, 6) is 0.613. The van der Waals surface area contributed by atoms with Crippen LogP contribution in [-0.2, 0) is 5.41 Å². The molecule has 0 saturated heterocycles. The molecule has 1 aromatic carbocycles. The van der Waals surface area contributed by atoms with E-state index in [4.69, 9.17) is 10.4 Å². The molecule has 0 aliphatic heterocycles. The van der Waals surface area contributed by atoms with Crippen molar-refractivity contribution in [2.75, 3.05) is 0 Å². The predicted molar refractivity (Wildman–Crippen MR) is 50.9 cm³/mol. The predicted octanol–water partition coefficient (Wildman–Crippen LogP) is 3.31. The van der Waals surface area contributed by atoms with Gasteiger partial charge < -0.3 is 4.84 Å². The molecule has 13 heavy (non-hydrogen) atoms. The minimum absolute atomic E-state index is 0.0986. The van der Waals surface area contributed by atoms with Gasteiger partial charge in [0.25, 0.3) is 0 Å². The van der Waals surface area contributed by atoms with Gasteiger partial charge >= 0.3 is 0 Å². The summed E-state index contributed by atoms with van der Waals surface area (Å²) in [6.45, 7) is 6.39. The largest absolute Gasteiger partial charge is 0.340 e. The third-order valence-electron chi connectivity index (χ3n) is 1.85. The van der Waals surface area contributed by atoms with E-state index in [1.165, 1.54) is 5.56 Å². The van der Waals surface area contributed by atoms with Gasteiger partial charge in [-0.15, -0.1) is 0 Å². The van der Waals surface area contributed by atoms with Gasteiger partial charge in [-0.2, -0.15) is 5.53 Å². The van der Waals surface area contributed by atoms with Crippen LogP contribution in [0.3, 0.4) is 0 Å². The molecule has 3 heteroatoms. The summed E-state index contributed by atoms with van der Waals surface area (Å²) in [6, 6.07) is 7.63. The van der Waals surface area contributed by atoms with Gasteiger partial charge in [0, 0.05) is 5.28 Å². The van der Waals surface area contributed by atoms with Crippen LogP contribution < -0.4 is 4.84 Å². The van der Waals surface area contributed by atoms with Crippen LogP contribution in [0.2, 0.25) is 0 Å². The lowest BCUT2D eigenvalue weighted by molar-refractivity contribution is 0.298. The van der Waals surface area contributed by atoms with Crippen molar-refractivity contribution in [3.8, 4) is 5.75 Å². The van der Waals surface area contributed by atoms with Crippen LogP contribution in [0.1, 0.15) is 26.3 Å². The van der Waals surface area contributed by atoms with Gasteiger partial charge in [-0.05, 0) is 23.1 Å². The second-order valence-electron chi connectivity index (χ2n) is 3.96. The molecule has 0 atom stereocenters. The van der Waals surface area contributed by atoms with E-state index in [0.717, 1.165) is 0 Å². The van der Waals surface area contributed by atoms with E-state index in [0.29, 0.717) is 5.75 Å². The van der Waals surface area contributed by atoms with E-state index in [2.05, 4.69) is 26.0 Å². The zero-order valence-corrected chi connectivity index (χ0v) is 8.16. The van der Waals surface area contributed by atoms with E-state index in [1.54, 1.807) is 6.07 Å². The molecule has 1 N–H and O–H groups in total. The summed E-state index contributed by atoms with van der Waals surface area (Å²) in [6.07, 6.45) is 0. The molecule has 0 saturated carbocycles. The number of rotatable bonds is 2. The number of hydrogen-bond donors (Lipinski definition) is 1. The van der Waals surface area contributed by atoms with Crippen LogP contribution in [-0.4, -0.2) is 0 Å². The quantitative estimate of drug-likeness (QED) is 0.548. The van der Waals surface area contributed by atoms with E-state index in [9.17, 15) is 0 Å². The van der Waals surface area contributed by atoms with Crippen molar-refractivity contribution < 1.29 is 4.84 Å². The second-order valence-corrected chi connectivity index (χ2v) is 3.96. The molecular weight excluding hydrogens is 164 g/mol. The monoisotopic (exact) mass is 178 g/mol. The highest BCUT2D eigenvalue weighted by Gasteiger charge is 2.13. The third-order valence-corrected chi connectivity index (χ3v) is 1.85. The van der Waals surface area contributed by atoms with E-state index >= 15 is 0 Å². The van der Waals surface area contributed by atoms with Crippen LogP contribution in [0.5, 0.6) is 5.75 Å². The third kappa shape index (κ3) is 2.54. The van der Waals surface area contributed by atoms with E-state index in [1.807, 2.05) is 18.2 Å². The molecule has 1 rings (SSSR count). The van der Waals surface area contributed by atoms with E-state index < -0.39 is 0 Å². The van der Waals surface area contributed by atoms with Crippen molar-refractivity contribution in [2.24, 2.45) is 5.28 Å². The Hall–Kier alpha value is -1.38. The maximum absolute atomic E-state index is 6.57. The van der Waals surface area contributed by atoms with Crippen LogP contribution in [0, 0.1) is 5.53 Å². The molecule has 1 aromatic rings. The first-order valence-corrected chi connectivity index (χ1v) is 4.18. The molecule has 0 spiro atoms. The summed E-state index contributed by atoms with van der Waals surface area (Å²) in [5, 5.41) is 2.88. The zero-order valence-electron chi connectivity index (χ0n) is 8.16. The number of benzene rings is 1. The van der Waals surface area contributed by atoms with Gasteiger partial charge in [0.2, 0.25) is 0 Å². The molecule has 0 unspecified atom stereocenters. The van der Waals surface area contributed by atoms with Gasteiger partial charge in [-0.25, -0.2) is 0 Å². The van der Waals surface area contributed by atoms with Gasteiger partial charge in [0.05, 0.1) is 0 Å². The van der Waals surface area contributed by atoms with Crippen molar-refractivity contribution in [1.82, 2.24) is 0 Å². The summed E-state index contributed by atoms with van der Waals surface area (Å²) >= 11 is 0. The maximum Gasteiger partial charge on any atom is 0.160 e. The van der Waals surface area contributed by atoms with Gasteiger partial charge in [-0.3, -0.25) is 0 Å². The maximum atomic E-state index is 6.57. The highest BCUT2D eigenvalue weighted by Crippen LogP contribution is 2.25. The topological polar surface area (TPSA) is 45.4 Å². The number of nitrogens with zero attached hydrogens (tertiary/aromatic N) is 1. The Kier molecular flexibility index (Phi) is 2.66. The van der Waals surface area contributed by atoms with Gasteiger partial charge in [-0.1, -0.05) is 32.9 Å². The molecule has 0 bridgehead atoms. The van der Waals surface area contributed by atoms with Crippen LogP contribution >= 0.6 is 0 Å². The van der Waals surface area contributed by atoms with Crippen LogP contribution in [0.25, 0.3) is 0 Å². The first-order chi connectivity index (χ1) is 6.04. The lowest BCUT2D eigenvalue weighted by atomic mass is 9.87. The van der Waals surface area contributed by atoms with Gasteiger partial charge in [0.15, 0.2) is 5.75 Å². The molecule has 0 amide bonds. The SMILES string of the molecule is CC(C)(C)c1cccc(ON=N)c1. The Morgan fingerprint density at radius 3 is 2.54 bits per heavy atom. The van der Waals surface area contributed by atoms with E-state index in [-0.39, 0.29) is 5.41 Å². The molecule has 70 valence electrons. The smallest absolute Gasteiger partial charge is 0.160 e. The first kappa shape index (κ1) is 9.71. The lowest BCUT2D eigenvalue weighted by Gasteiger charge is -2.18. The summed E-state index contributed by atoms with van der Waals surface area (Å²) in [7, 11) is 0. The Morgan fingerprint density at radius 1 is 1.31 bits per heavy atom.